The third kappa shape index (κ3) is 9.92. The lowest BCUT2D eigenvalue weighted by Crippen LogP contribution is -1.92. The minimum Gasteiger partial charge on any atom is -0.0651 e. The van der Waals surface area contributed by atoms with Gasteiger partial charge in [-0.1, -0.05) is 72.6 Å². The molecule has 0 nitrogen and oxygen atoms in total. The fourth-order valence-corrected chi connectivity index (χ4v) is 1.60. The number of hydrogen-bond donors (Lipinski definition) is 0. The van der Waals surface area contributed by atoms with Crippen LogP contribution >= 0.6 is 0 Å². The van der Waals surface area contributed by atoms with Crippen molar-refractivity contribution in [3.8, 4) is 0 Å². The maximum absolute atomic E-state index is 2.37. The molecule has 0 saturated heterocycles. The molecule has 13 heavy (non-hydrogen) atoms. The Bertz CT molecular complexity index is 94.2. The van der Waals surface area contributed by atoms with Gasteiger partial charge in [0.1, 0.15) is 0 Å². The maximum atomic E-state index is 2.37. The topological polar surface area (TPSA) is 0 Å². The Morgan fingerprint density at radius 3 is 1.77 bits per heavy atom. The summed E-state index contributed by atoms with van der Waals surface area (Å²) in [5.74, 6) is 1.85. The van der Waals surface area contributed by atoms with Gasteiger partial charge in [-0.2, -0.15) is 0 Å². The second kappa shape index (κ2) is 8.59. The van der Waals surface area contributed by atoms with Crippen LogP contribution in [0.1, 0.15) is 72.6 Å². The Labute approximate surface area is 85.1 Å². The lowest BCUT2D eigenvalue weighted by atomic mass is 9.99. The van der Waals surface area contributed by atoms with Gasteiger partial charge in [0, 0.05) is 0 Å². The summed E-state index contributed by atoms with van der Waals surface area (Å²) in [6, 6.07) is 0. The molecule has 0 unspecified atom stereocenters. The van der Waals surface area contributed by atoms with Gasteiger partial charge < -0.3 is 0 Å². The molecule has 0 aliphatic rings. The minimum atomic E-state index is 0.898. The lowest BCUT2D eigenvalue weighted by molar-refractivity contribution is 0.461. The third-order valence-electron chi connectivity index (χ3n) is 2.93. The highest BCUT2D eigenvalue weighted by Gasteiger charge is 1.98. The SMILES string of the molecule is CC[C@H](C)CCCCCCC(C)C. The van der Waals surface area contributed by atoms with Crippen molar-refractivity contribution in [3.63, 3.8) is 0 Å². The second-order valence-electron chi connectivity index (χ2n) is 4.90. The van der Waals surface area contributed by atoms with Gasteiger partial charge in [0.2, 0.25) is 0 Å². The molecule has 0 N–H and O–H groups in total. The predicted molar refractivity (Wildman–Crippen MR) is 62.0 cm³/mol. The van der Waals surface area contributed by atoms with Crippen LogP contribution in [0.4, 0.5) is 0 Å². The molecule has 0 radical (unpaired) electrons. The summed E-state index contributed by atoms with van der Waals surface area (Å²) < 4.78 is 0. The molecular weight excluding hydrogens is 156 g/mol. The van der Waals surface area contributed by atoms with Gasteiger partial charge in [-0.05, 0) is 11.8 Å². The van der Waals surface area contributed by atoms with Crippen LogP contribution in [0.15, 0.2) is 0 Å². The highest BCUT2D eigenvalue weighted by Crippen LogP contribution is 2.14. The summed E-state index contributed by atoms with van der Waals surface area (Å²) >= 11 is 0. The highest BCUT2D eigenvalue weighted by molar-refractivity contribution is 4.52. The van der Waals surface area contributed by atoms with Gasteiger partial charge in [0.05, 0.1) is 0 Å². The van der Waals surface area contributed by atoms with Crippen LogP contribution in [0.2, 0.25) is 0 Å². The Morgan fingerprint density at radius 1 is 0.769 bits per heavy atom. The summed E-state index contributed by atoms with van der Waals surface area (Å²) in [5, 5.41) is 0. The van der Waals surface area contributed by atoms with Crippen molar-refractivity contribution in [1.82, 2.24) is 0 Å². The molecular formula is C13H28. The molecule has 0 aromatic rings. The largest absolute Gasteiger partial charge is 0.0651 e. The predicted octanol–water partition coefficient (Wildman–Crippen LogP) is 5.03. The quantitative estimate of drug-likeness (QED) is 0.464. The molecule has 1 atom stereocenters. The molecule has 80 valence electrons. The van der Waals surface area contributed by atoms with Crippen LogP contribution < -0.4 is 0 Å². The first-order chi connectivity index (χ1) is 6.16. The third-order valence-corrected chi connectivity index (χ3v) is 2.93. The van der Waals surface area contributed by atoms with E-state index in [9.17, 15) is 0 Å². The van der Waals surface area contributed by atoms with E-state index in [4.69, 9.17) is 0 Å². The van der Waals surface area contributed by atoms with Crippen LogP contribution in [0.3, 0.4) is 0 Å². The molecule has 0 rings (SSSR count). The van der Waals surface area contributed by atoms with Gasteiger partial charge in [-0.15, -0.1) is 0 Å². The van der Waals surface area contributed by atoms with E-state index < -0.39 is 0 Å². The van der Waals surface area contributed by atoms with E-state index in [1.807, 2.05) is 0 Å². The first-order valence-electron chi connectivity index (χ1n) is 6.16. The molecule has 0 aromatic carbocycles. The highest BCUT2D eigenvalue weighted by atomic mass is 14.0. The van der Waals surface area contributed by atoms with E-state index in [-0.39, 0.29) is 0 Å². The van der Waals surface area contributed by atoms with Crippen LogP contribution in [-0.4, -0.2) is 0 Å². The number of unbranched alkanes of at least 4 members (excludes halogenated alkanes) is 3. The van der Waals surface area contributed by atoms with E-state index in [0.717, 1.165) is 11.8 Å². The average Bonchev–Trinajstić information content (AvgIpc) is 2.10. The molecule has 0 aliphatic heterocycles. The molecule has 0 bridgehead atoms. The molecule has 0 heteroatoms. The van der Waals surface area contributed by atoms with E-state index in [0.29, 0.717) is 0 Å². The van der Waals surface area contributed by atoms with E-state index in [1.54, 1.807) is 0 Å². The summed E-state index contributed by atoms with van der Waals surface area (Å²) in [4.78, 5) is 0. The molecule has 0 fully saturated rings. The summed E-state index contributed by atoms with van der Waals surface area (Å²) in [6.45, 7) is 9.30. The van der Waals surface area contributed by atoms with Crippen LogP contribution in [-0.2, 0) is 0 Å². The van der Waals surface area contributed by atoms with Gasteiger partial charge in [-0.3, -0.25) is 0 Å². The van der Waals surface area contributed by atoms with Crippen molar-refractivity contribution in [2.24, 2.45) is 11.8 Å². The molecule has 0 saturated carbocycles. The monoisotopic (exact) mass is 184 g/mol. The van der Waals surface area contributed by atoms with Gasteiger partial charge in [0.15, 0.2) is 0 Å². The Hall–Kier alpha value is 0. The maximum Gasteiger partial charge on any atom is -0.0445 e. The summed E-state index contributed by atoms with van der Waals surface area (Å²) in [5.41, 5.74) is 0. The second-order valence-corrected chi connectivity index (χ2v) is 4.90. The van der Waals surface area contributed by atoms with Crippen molar-refractivity contribution in [3.05, 3.63) is 0 Å². The normalized spacial score (nSPS) is 13.6. The fourth-order valence-electron chi connectivity index (χ4n) is 1.60. The zero-order chi connectivity index (χ0) is 10.1. The Morgan fingerprint density at radius 2 is 1.31 bits per heavy atom. The van der Waals surface area contributed by atoms with E-state index in [1.165, 1.54) is 44.9 Å². The molecule has 0 aromatic heterocycles. The smallest absolute Gasteiger partial charge is 0.0445 e. The van der Waals surface area contributed by atoms with Crippen molar-refractivity contribution >= 4 is 0 Å². The summed E-state index contributed by atoms with van der Waals surface area (Å²) in [7, 11) is 0. The van der Waals surface area contributed by atoms with Crippen LogP contribution in [0.5, 0.6) is 0 Å². The number of rotatable bonds is 8. The van der Waals surface area contributed by atoms with Crippen LogP contribution in [0.25, 0.3) is 0 Å². The van der Waals surface area contributed by atoms with Gasteiger partial charge in [0.25, 0.3) is 0 Å². The van der Waals surface area contributed by atoms with Crippen LogP contribution in [0, 0.1) is 11.8 Å². The minimum absolute atomic E-state index is 0.898. The zero-order valence-electron chi connectivity index (χ0n) is 10.1. The standard InChI is InChI=1S/C13H28/c1-5-13(4)11-9-7-6-8-10-12(2)3/h12-13H,5-11H2,1-4H3/t13-/m0/s1. The summed E-state index contributed by atoms with van der Waals surface area (Å²) in [6.07, 6.45) is 10.0. The lowest BCUT2D eigenvalue weighted by Gasteiger charge is -2.08. The Balaban J connectivity index is 2.99. The molecule has 0 spiro atoms. The van der Waals surface area contributed by atoms with Gasteiger partial charge >= 0.3 is 0 Å². The first-order valence-corrected chi connectivity index (χ1v) is 6.16. The zero-order valence-corrected chi connectivity index (χ0v) is 10.1. The Kier molecular flexibility index (Phi) is 8.59. The van der Waals surface area contributed by atoms with Crippen molar-refractivity contribution in [1.29, 1.82) is 0 Å². The molecule has 0 amide bonds. The fraction of sp³-hybridized carbons (Fsp3) is 1.00. The van der Waals surface area contributed by atoms with E-state index in [2.05, 4.69) is 27.7 Å². The molecule has 0 heterocycles. The number of hydrogen-bond acceptors (Lipinski definition) is 0. The van der Waals surface area contributed by atoms with Crippen molar-refractivity contribution in [2.45, 2.75) is 72.6 Å². The average molecular weight is 184 g/mol. The van der Waals surface area contributed by atoms with E-state index >= 15 is 0 Å². The molecule has 0 aliphatic carbocycles. The van der Waals surface area contributed by atoms with Crippen molar-refractivity contribution in [2.75, 3.05) is 0 Å². The first kappa shape index (κ1) is 13.0. The van der Waals surface area contributed by atoms with Gasteiger partial charge in [-0.25, -0.2) is 0 Å². The van der Waals surface area contributed by atoms with Crippen molar-refractivity contribution < 1.29 is 0 Å².